The number of ether oxygens (including phenoxy) is 1. The third-order valence-electron chi connectivity index (χ3n) is 3.28. The first-order valence-corrected chi connectivity index (χ1v) is 6.37. The molecule has 100 valence electrons. The van der Waals surface area contributed by atoms with Gasteiger partial charge in [0.25, 0.3) is 0 Å². The molecule has 0 saturated carbocycles. The molecule has 20 heavy (non-hydrogen) atoms. The SMILES string of the molecule is COC(=O)c1cc(C)c2oc(-c3ccccc3)cc2c1. The van der Waals surface area contributed by atoms with Gasteiger partial charge in [0.15, 0.2) is 0 Å². The molecule has 1 aromatic heterocycles. The molecule has 3 nitrogen and oxygen atoms in total. The van der Waals surface area contributed by atoms with Crippen molar-refractivity contribution in [1.82, 2.24) is 0 Å². The molecule has 1 heterocycles. The summed E-state index contributed by atoms with van der Waals surface area (Å²) in [6.07, 6.45) is 0. The van der Waals surface area contributed by atoms with Gasteiger partial charge in [0, 0.05) is 10.9 Å². The fraction of sp³-hybridized carbons (Fsp3) is 0.118. The number of benzene rings is 2. The van der Waals surface area contributed by atoms with Gasteiger partial charge < -0.3 is 9.15 Å². The maximum Gasteiger partial charge on any atom is 0.337 e. The van der Waals surface area contributed by atoms with Crippen molar-refractivity contribution in [2.75, 3.05) is 7.11 Å². The van der Waals surface area contributed by atoms with Crippen LogP contribution >= 0.6 is 0 Å². The summed E-state index contributed by atoms with van der Waals surface area (Å²) < 4.78 is 10.7. The summed E-state index contributed by atoms with van der Waals surface area (Å²) in [4.78, 5) is 11.6. The summed E-state index contributed by atoms with van der Waals surface area (Å²) >= 11 is 0. The highest BCUT2D eigenvalue weighted by atomic mass is 16.5. The average Bonchev–Trinajstić information content (AvgIpc) is 2.92. The third-order valence-corrected chi connectivity index (χ3v) is 3.28. The molecule has 3 rings (SSSR count). The maximum absolute atomic E-state index is 11.6. The molecule has 0 aliphatic carbocycles. The van der Waals surface area contributed by atoms with Gasteiger partial charge in [-0.05, 0) is 30.7 Å². The highest BCUT2D eigenvalue weighted by Gasteiger charge is 2.13. The van der Waals surface area contributed by atoms with Crippen molar-refractivity contribution in [2.45, 2.75) is 6.92 Å². The van der Waals surface area contributed by atoms with Crippen molar-refractivity contribution in [3.05, 3.63) is 59.7 Å². The van der Waals surface area contributed by atoms with E-state index in [4.69, 9.17) is 9.15 Å². The smallest absolute Gasteiger partial charge is 0.337 e. The number of fused-ring (bicyclic) bond motifs is 1. The third kappa shape index (κ3) is 2.07. The Balaban J connectivity index is 2.16. The number of carbonyl (C=O) groups excluding carboxylic acids is 1. The number of rotatable bonds is 2. The van der Waals surface area contributed by atoms with E-state index in [2.05, 4.69) is 0 Å². The summed E-state index contributed by atoms with van der Waals surface area (Å²) in [5, 5.41) is 0.907. The second kappa shape index (κ2) is 4.85. The molecular weight excluding hydrogens is 252 g/mol. The Bertz CT molecular complexity index is 770. The maximum atomic E-state index is 11.6. The summed E-state index contributed by atoms with van der Waals surface area (Å²) in [5.41, 5.74) is 3.28. The number of furan rings is 1. The minimum absolute atomic E-state index is 0.336. The molecule has 0 spiro atoms. The van der Waals surface area contributed by atoms with Gasteiger partial charge in [0.05, 0.1) is 12.7 Å². The van der Waals surface area contributed by atoms with Crippen molar-refractivity contribution >= 4 is 16.9 Å². The lowest BCUT2D eigenvalue weighted by Crippen LogP contribution is -2.01. The second-order valence-electron chi connectivity index (χ2n) is 4.68. The minimum atomic E-state index is -0.336. The minimum Gasteiger partial charge on any atom is -0.465 e. The van der Waals surface area contributed by atoms with E-state index in [1.165, 1.54) is 7.11 Å². The molecule has 0 bridgehead atoms. The highest BCUT2D eigenvalue weighted by Crippen LogP contribution is 2.30. The van der Waals surface area contributed by atoms with E-state index in [9.17, 15) is 4.79 Å². The molecule has 3 heteroatoms. The van der Waals surface area contributed by atoms with Gasteiger partial charge in [-0.15, -0.1) is 0 Å². The Hall–Kier alpha value is -2.55. The fourth-order valence-electron chi connectivity index (χ4n) is 2.31. The zero-order valence-electron chi connectivity index (χ0n) is 11.3. The number of hydrogen-bond acceptors (Lipinski definition) is 3. The molecule has 0 unspecified atom stereocenters. The summed E-state index contributed by atoms with van der Waals surface area (Å²) in [6, 6.07) is 15.4. The van der Waals surface area contributed by atoms with Crippen LogP contribution in [0.25, 0.3) is 22.3 Å². The van der Waals surface area contributed by atoms with E-state index in [1.54, 1.807) is 12.1 Å². The highest BCUT2D eigenvalue weighted by molar-refractivity contribution is 5.96. The topological polar surface area (TPSA) is 39.4 Å². The number of aryl methyl sites for hydroxylation is 1. The van der Waals surface area contributed by atoms with Crippen LogP contribution in [0.1, 0.15) is 15.9 Å². The molecule has 3 aromatic rings. The van der Waals surface area contributed by atoms with Gasteiger partial charge in [-0.2, -0.15) is 0 Å². The van der Waals surface area contributed by atoms with Crippen molar-refractivity contribution in [3.63, 3.8) is 0 Å². The monoisotopic (exact) mass is 266 g/mol. The lowest BCUT2D eigenvalue weighted by Gasteiger charge is -2.01. The largest absolute Gasteiger partial charge is 0.465 e. The first-order valence-electron chi connectivity index (χ1n) is 6.37. The Morgan fingerprint density at radius 2 is 1.85 bits per heavy atom. The zero-order chi connectivity index (χ0) is 14.1. The van der Waals surface area contributed by atoms with Crippen LogP contribution in [-0.2, 0) is 4.74 Å². The van der Waals surface area contributed by atoms with Crippen molar-refractivity contribution in [1.29, 1.82) is 0 Å². The Morgan fingerprint density at radius 1 is 1.10 bits per heavy atom. The first kappa shape index (κ1) is 12.5. The molecule has 0 atom stereocenters. The molecule has 0 radical (unpaired) electrons. The summed E-state index contributed by atoms with van der Waals surface area (Å²) in [5.74, 6) is 0.461. The molecule has 0 amide bonds. The van der Waals surface area contributed by atoms with Gasteiger partial charge in [-0.1, -0.05) is 30.3 Å². The van der Waals surface area contributed by atoms with E-state index in [1.807, 2.05) is 43.3 Å². The molecule has 2 aromatic carbocycles. The standard InChI is InChI=1S/C17H14O3/c1-11-8-14(17(18)19-2)9-13-10-15(20-16(11)13)12-6-4-3-5-7-12/h3-10H,1-2H3. The summed E-state index contributed by atoms with van der Waals surface area (Å²) in [7, 11) is 1.38. The van der Waals surface area contributed by atoms with E-state index >= 15 is 0 Å². The fourth-order valence-corrected chi connectivity index (χ4v) is 2.31. The Labute approximate surface area is 116 Å². The predicted octanol–water partition coefficient (Wildman–Crippen LogP) is 4.19. The van der Waals surface area contributed by atoms with Crippen LogP contribution in [0, 0.1) is 6.92 Å². The normalized spacial score (nSPS) is 10.7. The van der Waals surface area contributed by atoms with Crippen LogP contribution in [-0.4, -0.2) is 13.1 Å². The van der Waals surface area contributed by atoms with Crippen LogP contribution in [0.15, 0.2) is 52.9 Å². The van der Waals surface area contributed by atoms with Gasteiger partial charge >= 0.3 is 5.97 Å². The van der Waals surface area contributed by atoms with Gasteiger partial charge in [0.2, 0.25) is 0 Å². The van der Waals surface area contributed by atoms with Crippen LogP contribution < -0.4 is 0 Å². The van der Waals surface area contributed by atoms with E-state index < -0.39 is 0 Å². The van der Waals surface area contributed by atoms with Crippen LogP contribution in [0.5, 0.6) is 0 Å². The first-order chi connectivity index (χ1) is 9.69. The van der Waals surface area contributed by atoms with Gasteiger partial charge in [-0.25, -0.2) is 4.79 Å². The predicted molar refractivity (Wildman–Crippen MR) is 77.7 cm³/mol. The number of hydrogen-bond donors (Lipinski definition) is 0. The van der Waals surface area contributed by atoms with E-state index in [0.717, 1.165) is 27.9 Å². The molecule has 0 fully saturated rings. The Kier molecular flexibility index (Phi) is 3.03. The van der Waals surface area contributed by atoms with E-state index in [0.29, 0.717) is 5.56 Å². The van der Waals surface area contributed by atoms with Crippen molar-refractivity contribution < 1.29 is 13.9 Å². The molecular formula is C17H14O3. The lowest BCUT2D eigenvalue weighted by atomic mass is 10.1. The van der Waals surface area contributed by atoms with Crippen molar-refractivity contribution in [2.24, 2.45) is 0 Å². The average molecular weight is 266 g/mol. The number of methoxy groups -OCH3 is 1. The van der Waals surface area contributed by atoms with E-state index in [-0.39, 0.29) is 5.97 Å². The van der Waals surface area contributed by atoms with Gasteiger partial charge in [0.1, 0.15) is 11.3 Å². The lowest BCUT2D eigenvalue weighted by molar-refractivity contribution is 0.0601. The van der Waals surface area contributed by atoms with Crippen LogP contribution in [0.2, 0.25) is 0 Å². The second-order valence-corrected chi connectivity index (χ2v) is 4.68. The summed E-state index contributed by atoms with van der Waals surface area (Å²) in [6.45, 7) is 1.92. The van der Waals surface area contributed by atoms with Crippen molar-refractivity contribution in [3.8, 4) is 11.3 Å². The number of carbonyl (C=O) groups is 1. The molecule has 0 aliphatic heterocycles. The zero-order valence-corrected chi connectivity index (χ0v) is 11.3. The molecule has 0 N–H and O–H groups in total. The Morgan fingerprint density at radius 3 is 2.55 bits per heavy atom. The quantitative estimate of drug-likeness (QED) is 0.653. The van der Waals surface area contributed by atoms with Crippen LogP contribution in [0.3, 0.4) is 0 Å². The van der Waals surface area contributed by atoms with Crippen LogP contribution in [0.4, 0.5) is 0 Å². The number of esters is 1. The molecule has 0 aliphatic rings. The van der Waals surface area contributed by atoms with Gasteiger partial charge in [-0.3, -0.25) is 0 Å². The molecule has 0 saturated heterocycles.